The molecule has 0 saturated carbocycles. The van der Waals surface area contributed by atoms with E-state index in [1.165, 1.54) is 106 Å². The maximum atomic E-state index is 13.0. The molecule has 304 valence electrons. The highest BCUT2D eigenvalue weighted by Crippen LogP contribution is 2.46. The first-order valence-electron chi connectivity index (χ1n) is 20.5. The average molecular weight is 775 g/mol. The molecular formula is C41H67N4O8P. The van der Waals surface area contributed by atoms with Gasteiger partial charge in [-0.05, 0) is 43.9 Å². The van der Waals surface area contributed by atoms with Gasteiger partial charge in [0.1, 0.15) is 35.8 Å². The van der Waals surface area contributed by atoms with Gasteiger partial charge < -0.3 is 30.3 Å². The number of nitrogens with zero attached hydrogens (tertiary/aromatic N) is 3. The molecule has 3 heterocycles. The standard InChI is InChI=1S/C41H67N4O8P/c1-3-4-5-6-7-8-9-10-11-12-13-14-15-16-17-21-28-50-29-34(25-24-33-22-19-18-20-23-33)30-51-54(48,49)52-31-36-38(46)39(47)41(2,53-36)37-27-26-35-40(42)43-32-44-45(35)37/h18-20,22-23,26-27,32,34,36,38-39,46-47H,3-17,21,24-25,28-31H2,1-2H3,(H,48,49)(H2,42,43,44)/t34-,36-,38-,39-,41+/m1/s1. The van der Waals surface area contributed by atoms with Gasteiger partial charge in [-0.15, -0.1) is 0 Å². The van der Waals surface area contributed by atoms with E-state index in [0.29, 0.717) is 30.8 Å². The minimum Gasteiger partial charge on any atom is -0.387 e. The number of aryl methyl sites for hydroxylation is 1. The van der Waals surface area contributed by atoms with Crippen molar-refractivity contribution in [2.45, 2.75) is 153 Å². The Labute approximate surface area is 322 Å². The predicted molar refractivity (Wildman–Crippen MR) is 212 cm³/mol. The lowest BCUT2D eigenvalue weighted by Crippen LogP contribution is -2.39. The monoisotopic (exact) mass is 774 g/mol. The zero-order valence-corrected chi connectivity index (χ0v) is 33.6. The van der Waals surface area contributed by atoms with Crippen molar-refractivity contribution in [3.8, 4) is 0 Å². The third kappa shape index (κ3) is 14.3. The van der Waals surface area contributed by atoms with E-state index in [0.717, 1.165) is 19.3 Å². The Morgan fingerprint density at radius 3 is 2.11 bits per heavy atom. The van der Waals surface area contributed by atoms with Crippen LogP contribution < -0.4 is 5.73 Å². The third-order valence-electron chi connectivity index (χ3n) is 10.7. The lowest BCUT2D eigenvalue weighted by molar-refractivity contribution is -0.0890. The summed E-state index contributed by atoms with van der Waals surface area (Å²) in [6.45, 7) is 4.40. The zero-order valence-electron chi connectivity index (χ0n) is 32.7. The number of phosphoric acid groups is 1. The molecule has 1 saturated heterocycles. The quantitative estimate of drug-likeness (QED) is 0.0395. The fraction of sp³-hybridized carbons (Fsp3) is 0.707. The van der Waals surface area contributed by atoms with Gasteiger partial charge in [-0.1, -0.05) is 134 Å². The first kappa shape index (κ1) is 44.3. The summed E-state index contributed by atoms with van der Waals surface area (Å²) >= 11 is 0. The van der Waals surface area contributed by atoms with Crippen molar-refractivity contribution in [2.75, 3.05) is 32.2 Å². The second-order valence-corrected chi connectivity index (χ2v) is 16.6. The van der Waals surface area contributed by atoms with Crippen LogP contribution in [0.5, 0.6) is 0 Å². The molecule has 12 nitrogen and oxygen atoms in total. The molecule has 6 atom stereocenters. The Bertz CT molecular complexity index is 1510. The van der Waals surface area contributed by atoms with Crippen molar-refractivity contribution in [3.05, 3.63) is 60.0 Å². The summed E-state index contributed by atoms with van der Waals surface area (Å²) in [7, 11) is -4.54. The van der Waals surface area contributed by atoms with Gasteiger partial charge in [-0.25, -0.2) is 14.1 Å². The van der Waals surface area contributed by atoms with Crippen LogP contribution in [0.1, 0.15) is 134 Å². The lowest BCUT2D eigenvalue weighted by Gasteiger charge is -2.27. The van der Waals surface area contributed by atoms with Crippen molar-refractivity contribution in [2.24, 2.45) is 5.92 Å². The van der Waals surface area contributed by atoms with Crippen LogP contribution in [0.2, 0.25) is 0 Å². The smallest absolute Gasteiger partial charge is 0.387 e. The molecule has 0 spiro atoms. The Hall–Kier alpha value is -2.41. The van der Waals surface area contributed by atoms with E-state index in [1.54, 1.807) is 19.1 Å². The lowest BCUT2D eigenvalue weighted by atomic mass is 9.93. The van der Waals surface area contributed by atoms with Crippen LogP contribution in [-0.4, -0.2) is 74.4 Å². The topological polar surface area (TPSA) is 171 Å². The van der Waals surface area contributed by atoms with E-state index in [-0.39, 0.29) is 18.3 Å². The third-order valence-corrected chi connectivity index (χ3v) is 11.7. The summed E-state index contributed by atoms with van der Waals surface area (Å²) in [6.07, 6.45) is 19.9. The number of ether oxygens (including phenoxy) is 2. The summed E-state index contributed by atoms with van der Waals surface area (Å²) in [5, 5.41) is 26.1. The van der Waals surface area contributed by atoms with Crippen molar-refractivity contribution in [3.63, 3.8) is 0 Å². The fourth-order valence-electron chi connectivity index (χ4n) is 7.29. The molecule has 0 aliphatic carbocycles. The van der Waals surface area contributed by atoms with E-state index >= 15 is 0 Å². The highest BCUT2D eigenvalue weighted by Gasteiger charge is 2.54. The van der Waals surface area contributed by atoms with Gasteiger partial charge in [0.05, 0.1) is 25.5 Å². The summed E-state index contributed by atoms with van der Waals surface area (Å²) in [4.78, 5) is 14.6. The Morgan fingerprint density at radius 2 is 1.48 bits per heavy atom. The number of aliphatic hydroxyl groups is 2. The normalized spacial score (nSPS) is 21.8. The predicted octanol–water partition coefficient (Wildman–Crippen LogP) is 8.31. The molecule has 1 fully saturated rings. The van der Waals surface area contributed by atoms with Crippen molar-refractivity contribution < 1.29 is 38.2 Å². The second-order valence-electron chi connectivity index (χ2n) is 15.2. The van der Waals surface area contributed by atoms with E-state index in [4.69, 9.17) is 24.3 Å². The first-order valence-corrected chi connectivity index (χ1v) is 22.0. The number of hydrogen-bond acceptors (Lipinski definition) is 10. The van der Waals surface area contributed by atoms with Gasteiger partial charge >= 0.3 is 7.82 Å². The van der Waals surface area contributed by atoms with E-state index in [9.17, 15) is 19.7 Å². The van der Waals surface area contributed by atoms with E-state index in [1.807, 2.05) is 18.2 Å². The minimum atomic E-state index is -4.54. The van der Waals surface area contributed by atoms with Crippen LogP contribution in [0.25, 0.3) is 5.52 Å². The summed E-state index contributed by atoms with van der Waals surface area (Å²) < 4.78 is 37.4. The largest absolute Gasteiger partial charge is 0.472 e. The maximum absolute atomic E-state index is 13.0. The SMILES string of the molecule is CCCCCCCCCCCCCCCCCCOC[C@@H](CCc1ccccc1)COP(=O)(O)OC[C@H]1O[C@@](C)(c2ccc3c(N)ncnn23)[C@H](O)[C@@H]1O. The molecule has 0 radical (unpaired) electrons. The zero-order chi connectivity index (χ0) is 38.7. The number of nitrogens with two attached hydrogens (primary N) is 1. The van der Waals surface area contributed by atoms with Gasteiger partial charge in [-0.3, -0.25) is 9.05 Å². The van der Waals surface area contributed by atoms with E-state index in [2.05, 4.69) is 29.1 Å². The van der Waals surface area contributed by atoms with Crippen molar-refractivity contribution in [1.82, 2.24) is 14.6 Å². The molecule has 1 aliphatic rings. The summed E-state index contributed by atoms with van der Waals surface area (Å²) in [5.41, 5.74) is 6.67. The molecule has 2 aromatic heterocycles. The minimum absolute atomic E-state index is 0.0364. The van der Waals surface area contributed by atoms with Crippen LogP contribution in [0, 0.1) is 5.92 Å². The summed E-state index contributed by atoms with van der Waals surface area (Å²) in [6, 6.07) is 13.4. The van der Waals surface area contributed by atoms with Gasteiger partial charge in [0.15, 0.2) is 5.82 Å². The Kier molecular flexibility index (Phi) is 19.4. The van der Waals surface area contributed by atoms with Crippen LogP contribution in [0.3, 0.4) is 0 Å². The average Bonchev–Trinajstić information content (AvgIpc) is 3.71. The van der Waals surface area contributed by atoms with Crippen molar-refractivity contribution in [1.29, 1.82) is 0 Å². The molecule has 13 heteroatoms. The molecule has 1 aliphatic heterocycles. The van der Waals surface area contributed by atoms with Crippen LogP contribution in [0.15, 0.2) is 48.8 Å². The molecule has 54 heavy (non-hydrogen) atoms. The molecule has 3 aromatic rings. The Morgan fingerprint density at radius 1 is 0.870 bits per heavy atom. The number of hydrogen-bond donors (Lipinski definition) is 4. The number of anilines is 1. The Balaban J connectivity index is 1.13. The van der Waals surface area contributed by atoms with Crippen LogP contribution in [-0.2, 0) is 35.1 Å². The molecule has 4 rings (SSSR count). The molecule has 1 unspecified atom stereocenters. The molecule has 0 amide bonds. The molecular weight excluding hydrogens is 707 g/mol. The fourth-order valence-corrected chi connectivity index (χ4v) is 8.10. The number of fused-ring (bicyclic) bond motifs is 1. The molecule has 5 N–H and O–H groups in total. The molecule has 0 bridgehead atoms. The number of rotatable bonds is 29. The second kappa shape index (κ2) is 23.6. The molecule has 1 aromatic carbocycles. The number of benzene rings is 1. The van der Waals surface area contributed by atoms with Crippen LogP contribution in [0.4, 0.5) is 5.82 Å². The number of nitrogen functional groups attached to an aromatic ring is 1. The number of unbranched alkanes of at least 4 members (excludes halogenated alkanes) is 15. The highest BCUT2D eigenvalue weighted by atomic mass is 31.2. The van der Waals surface area contributed by atoms with Crippen LogP contribution >= 0.6 is 7.82 Å². The van der Waals surface area contributed by atoms with Gasteiger partial charge in [-0.2, -0.15) is 5.10 Å². The van der Waals surface area contributed by atoms with Gasteiger partial charge in [0.25, 0.3) is 0 Å². The number of aliphatic hydroxyl groups excluding tert-OH is 2. The van der Waals surface area contributed by atoms with Gasteiger partial charge in [0.2, 0.25) is 0 Å². The van der Waals surface area contributed by atoms with Gasteiger partial charge in [0, 0.05) is 12.5 Å². The first-order chi connectivity index (χ1) is 26.1. The number of phosphoric ester groups is 1. The number of aromatic nitrogens is 3. The highest BCUT2D eigenvalue weighted by molar-refractivity contribution is 7.47. The maximum Gasteiger partial charge on any atom is 0.472 e. The van der Waals surface area contributed by atoms with Crippen molar-refractivity contribution >= 4 is 19.2 Å². The summed E-state index contributed by atoms with van der Waals surface area (Å²) in [5.74, 6) is 0.115. The van der Waals surface area contributed by atoms with E-state index < -0.39 is 38.3 Å².